The Balaban J connectivity index is 1.53. The van der Waals surface area contributed by atoms with Crippen LogP contribution in [0.25, 0.3) is 0 Å². The molecule has 1 aromatic heterocycles. The molecule has 0 spiro atoms. The van der Waals surface area contributed by atoms with Crippen molar-refractivity contribution in [3.8, 4) is 0 Å². The zero-order valence-corrected chi connectivity index (χ0v) is 12.3. The van der Waals surface area contributed by atoms with Gasteiger partial charge in [0, 0.05) is 29.8 Å². The van der Waals surface area contributed by atoms with E-state index >= 15 is 0 Å². The average molecular weight is 305 g/mol. The molecule has 0 aliphatic carbocycles. The number of benzene rings is 1. The Bertz CT molecular complexity index is 587. The van der Waals surface area contributed by atoms with Crippen molar-refractivity contribution in [3.63, 3.8) is 0 Å². The standard InChI is InChI=1S/C16H17ClN2O2/c17-13-1-3-15(4-2-13)19-8-5-14(6-9-19)18-16(20)12-7-10-21-11-12/h1-4,7,10-11,14H,5-6,8-9H2,(H,18,20). The predicted octanol–water partition coefficient (Wildman–Crippen LogP) is 3.33. The van der Waals surface area contributed by atoms with Gasteiger partial charge >= 0.3 is 0 Å². The van der Waals surface area contributed by atoms with Gasteiger partial charge in [-0.15, -0.1) is 0 Å². The number of carbonyl (C=O) groups is 1. The van der Waals surface area contributed by atoms with Crippen LogP contribution in [0.5, 0.6) is 0 Å². The van der Waals surface area contributed by atoms with Crippen molar-refractivity contribution in [1.29, 1.82) is 0 Å². The summed E-state index contributed by atoms with van der Waals surface area (Å²) in [6.07, 6.45) is 4.86. The van der Waals surface area contributed by atoms with E-state index in [4.69, 9.17) is 16.0 Å². The number of hydrogen-bond donors (Lipinski definition) is 1. The Labute approximate surface area is 128 Å². The first kappa shape index (κ1) is 14.0. The number of nitrogens with zero attached hydrogens (tertiary/aromatic N) is 1. The molecule has 1 aliphatic rings. The lowest BCUT2D eigenvalue weighted by molar-refractivity contribution is 0.0930. The Morgan fingerprint density at radius 3 is 2.52 bits per heavy atom. The van der Waals surface area contributed by atoms with E-state index < -0.39 is 0 Å². The van der Waals surface area contributed by atoms with Gasteiger partial charge in [-0.1, -0.05) is 11.6 Å². The van der Waals surface area contributed by atoms with Gasteiger partial charge in [0.25, 0.3) is 5.91 Å². The van der Waals surface area contributed by atoms with Gasteiger partial charge in [-0.05, 0) is 43.2 Å². The number of rotatable bonds is 3. The van der Waals surface area contributed by atoms with E-state index in [0.717, 1.165) is 31.0 Å². The Kier molecular flexibility index (Phi) is 4.15. The lowest BCUT2D eigenvalue weighted by Crippen LogP contribution is -2.44. The van der Waals surface area contributed by atoms with Gasteiger partial charge in [0.1, 0.15) is 6.26 Å². The maximum atomic E-state index is 12.0. The molecule has 0 atom stereocenters. The SMILES string of the molecule is O=C(NC1CCN(c2ccc(Cl)cc2)CC1)c1ccoc1. The molecule has 21 heavy (non-hydrogen) atoms. The van der Waals surface area contributed by atoms with E-state index in [-0.39, 0.29) is 11.9 Å². The third-order valence-electron chi connectivity index (χ3n) is 3.81. The van der Waals surface area contributed by atoms with Crippen LogP contribution >= 0.6 is 11.6 Å². The molecule has 1 saturated heterocycles. The molecule has 0 saturated carbocycles. The van der Waals surface area contributed by atoms with Crippen LogP contribution in [-0.4, -0.2) is 25.0 Å². The molecule has 5 heteroatoms. The van der Waals surface area contributed by atoms with Gasteiger partial charge in [0.15, 0.2) is 0 Å². The van der Waals surface area contributed by atoms with Gasteiger partial charge < -0.3 is 14.6 Å². The van der Waals surface area contributed by atoms with Crippen molar-refractivity contribution >= 4 is 23.2 Å². The van der Waals surface area contributed by atoms with Crippen LogP contribution in [-0.2, 0) is 0 Å². The lowest BCUT2D eigenvalue weighted by atomic mass is 10.0. The summed E-state index contributed by atoms with van der Waals surface area (Å²) in [7, 11) is 0. The predicted molar refractivity (Wildman–Crippen MR) is 82.9 cm³/mol. The van der Waals surface area contributed by atoms with Crippen molar-refractivity contribution in [2.75, 3.05) is 18.0 Å². The first-order valence-corrected chi connectivity index (χ1v) is 7.44. The molecule has 0 radical (unpaired) electrons. The molecule has 1 aromatic carbocycles. The van der Waals surface area contributed by atoms with Gasteiger partial charge in [-0.25, -0.2) is 0 Å². The molecule has 2 aromatic rings. The van der Waals surface area contributed by atoms with E-state index in [1.807, 2.05) is 24.3 Å². The first-order chi connectivity index (χ1) is 10.2. The molecular formula is C16H17ClN2O2. The average Bonchev–Trinajstić information content (AvgIpc) is 3.03. The Hall–Kier alpha value is -1.94. The Morgan fingerprint density at radius 1 is 1.19 bits per heavy atom. The monoisotopic (exact) mass is 304 g/mol. The highest BCUT2D eigenvalue weighted by Crippen LogP contribution is 2.22. The smallest absolute Gasteiger partial charge is 0.254 e. The summed E-state index contributed by atoms with van der Waals surface area (Å²) in [6, 6.07) is 9.78. The van der Waals surface area contributed by atoms with Crippen LogP contribution < -0.4 is 10.2 Å². The number of halogens is 1. The van der Waals surface area contributed by atoms with Crippen molar-refractivity contribution in [3.05, 3.63) is 53.4 Å². The second-order valence-electron chi connectivity index (χ2n) is 5.22. The quantitative estimate of drug-likeness (QED) is 0.946. The molecule has 110 valence electrons. The first-order valence-electron chi connectivity index (χ1n) is 7.06. The molecule has 4 nitrogen and oxygen atoms in total. The maximum absolute atomic E-state index is 12.0. The minimum absolute atomic E-state index is 0.0614. The van der Waals surface area contributed by atoms with Gasteiger partial charge in [-0.2, -0.15) is 0 Å². The van der Waals surface area contributed by atoms with Crippen LogP contribution in [0.15, 0.2) is 47.3 Å². The number of nitrogens with one attached hydrogen (secondary N) is 1. The van der Waals surface area contributed by atoms with Crippen molar-refractivity contribution in [2.45, 2.75) is 18.9 Å². The number of hydrogen-bond acceptors (Lipinski definition) is 3. The third-order valence-corrected chi connectivity index (χ3v) is 4.06. The van der Waals surface area contributed by atoms with Crippen LogP contribution in [0.4, 0.5) is 5.69 Å². The molecule has 1 N–H and O–H groups in total. The lowest BCUT2D eigenvalue weighted by Gasteiger charge is -2.34. The molecule has 1 amide bonds. The van der Waals surface area contributed by atoms with E-state index in [1.54, 1.807) is 6.07 Å². The topological polar surface area (TPSA) is 45.5 Å². The summed E-state index contributed by atoms with van der Waals surface area (Å²) in [6.45, 7) is 1.86. The zero-order valence-electron chi connectivity index (χ0n) is 11.6. The highest BCUT2D eigenvalue weighted by molar-refractivity contribution is 6.30. The largest absolute Gasteiger partial charge is 0.472 e. The summed E-state index contributed by atoms with van der Waals surface area (Å²) in [5, 5.41) is 3.81. The third kappa shape index (κ3) is 3.39. The minimum Gasteiger partial charge on any atom is -0.472 e. The fourth-order valence-electron chi connectivity index (χ4n) is 2.60. The number of anilines is 1. The number of amides is 1. The Morgan fingerprint density at radius 2 is 1.90 bits per heavy atom. The van der Waals surface area contributed by atoms with Crippen LogP contribution in [0.3, 0.4) is 0 Å². The van der Waals surface area contributed by atoms with E-state index in [9.17, 15) is 4.79 Å². The molecule has 1 aliphatic heterocycles. The highest BCUT2D eigenvalue weighted by Gasteiger charge is 2.21. The summed E-state index contributed by atoms with van der Waals surface area (Å²) >= 11 is 5.91. The molecule has 1 fully saturated rings. The van der Waals surface area contributed by atoms with Crippen LogP contribution in [0.1, 0.15) is 23.2 Å². The maximum Gasteiger partial charge on any atom is 0.254 e. The van der Waals surface area contributed by atoms with E-state index in [1.165, 1.54) is 18.2 Å². The molecule has 3 rings (SSSR count). The van der Waals surface area contributed by atoms with Crippen molar-refractivity contribution in [1.82, 2.24) is 5.32 Å². The summed E-state index contributed by atoms with van der Waals surface area (Å²) < 4.78 is 4.93. The van der Waals surface area contributed by atoms with Gasteiger partial charge in [0.2, 0.25) is 0 Å². The van der Waals surface area contributed by atoms with Crippen molar-refractivity contribution in [2.24, 2.45) is 0 Å². The number of furan rings is 1. The fourth-order valence-corrected chi connectivity index (χ4v) is 2.72. The second-order valence-corrected chi connectivity index (χ2v) is 5.66. The summed E-state index contributed by atoms with van der Waals surface area (Å²) in [5.74, 6) is -0.0614. The molecular weight excluding hydrogens is 288 g/mol. The van der Waals surface area contributed by atoms with Crippen LogP contribution in [0, 0.1) is 0 Å². The fraction of sp³-hybridized carbons (Fsp3) is 0.312. The molecule has 0 bridgehead atoms. The minimum atomic E-state index is -0.0614. The summed E-state index contributed by atoms with van der Waals surface area (Å²) in [4.78, 5) is 14.3. The van der Waals surface area contributed by atoms with Crippen molar-refractivity contribution < 1.29 is 9.21 Å². The van der Waals surface area contributed by atoms with E-state index in [2.05, 4.69) is 10.2 Å². The summed E-state index contributed by atoms with van der Waals surface area (Å²) in [5.41, 5.74) is 1.76. The second kappa shape index (κ2) is 6.22. The van der Waals surface area contributed by atoms with Crippen LogP contribution in [0.2, 0.25) is 5.02 Å². The van der Waals surface area contributed by atoms with E-state index in [0.29, 0.717) is 5.56 Å². The van der Waals surface area contributed by atoms with Gasteiger partial charge in [0.05, 0.1) is 11.8 Å². The van der Waals surface area contributed by atoms with Gasteiger partial charge in [-0.3, -0.25) is 4.79 Å². The zero-order chi connectivity index (χ0) is 14.7. The number of carbonyl (C=O) groups excluding carboxylic acids is 1. The highest BCUT2D eigenvalue weighted by atomic mass is 35.5. The normalized spacial score (nSPS) is 16.0. The molecule has 2 heterocycles. The molecule has 0 unspecified atom stereocenters. The number of piperidine rings is 1.